The van der Waals surface area contributed by atoms with E-state index in [0.29, 0.717) is 18.9 Å². The highest BCUT2D eigenvalue weighted by molar-refractivity contribution is 5.37. The minimum atomic E-state index is 0.0888. The molecule has 140 valence electrons. The zero-order valence-corrected chi connectivity index (χ0v) is 15.9. The van der Waals surface area contributed by atoms with E-state index in [1.165, 1.54) is 16.7 Å². The minimum Gasteiger partial charge on any atom is -0.494 e. The number of fused-ring (bicyclic) bond motifs is 1. The standard InChI is InChI=1S/C22H25N3O2/c1-3-26-20-10-9-18-11-12-25(15-19(18)14-20)16(2)22-23-21(24-27-22)13-17-7-5-4-6-8-17/h4-10,14,16H,3,11-13,15H2,1-2H3. The van der Waals surface area contributed by atoms with Gasteiger partial charge in [0, 0.05) is 19.5 Å². The summed E-state index contributed by atoms with van der Waals surface area (Å²) in [5.74, 6) is 2.36. The van der Waals surface area contributed by atoms with Gasteiger partial charge < -0.3 is 9.26 Å². The van der Waals surface area contributed by atoms with E-state index < -0.39 is 0 Å². The quantitative estimate of drug-likeness (QED) is 0.658. The molecule has 0 N–H and O–H groups in total. The van der Waals surface area contributed by atoms with Gasteiger partial charge in [-0.2, -0.15) is 4.98 Å². The third-order valence-corrected chi connectivity index (χ3v) is 5.12. The Morgan fingerprint density at radius 2 is 2.00 bits per heavy atom. The molecule has 0 amide bonds. The normalized spacial score (nSPS) is 15.3. The average molecular weight is 363 g/mol. The summed E-state index contributed by atoms with van der Waals surface area (Å²) in [6.45, 7) is 6.69. The van der Waals surface area contributed by atoms with Crippen LogP contribution in [0, 0.1) is 0 Å². The average Bonchev–Trinajstić information content (AvgIpc) is 3.16. The van der Waals surface area contributed by atoms with Crippen molar-refractivity contribution < 1.29 is 9.26 Å². The van der Waals surface area contributed by atoms with E-state index in [1.807, 2.05) is 25.1 Å². The summed E-state index contributed by atoms with van der Waals surface area (Å²) in [5, 5.41) is 4.18. The molecule has 0 saturated carbocycles. The van der Waals surface area contributed by atoms with Gasteiger partial charge >= 0.3 is 0 Å². The molecule has 5 heteroatoms. The smallest absolute Gasteiger partial charge is 0.243 e. The summed E-state index contributed by atoms with van der Waals surface area (Å²) in [7, 11) is 0. The molecule has 0 bridgehead atoms. The van der Waals surface area contributed by atoms with Gasteiger partial charge in [0.25, 0.3) is 0 Å². The van der Waals surface area contributed by atoms with Crippen molar-refractivity contribution in [2.45, 2.75) is 39.3 Å². The van der Waals surface area contributed by atoms with E-state index >= 15 is 0 Å². The highest BCUT2D eigenvalue weighted by Crippen LogP contribution is 2.29. The van der Waals surface area contributed by atoms with Crippen LogP contribution in [0.5, 0.6) is 5.75 Å². The first-order chi connectivity index (χ1) is 13.2. The van der Waals surface area contributed by atoms with E-state index in [9.17, 15) is 0 Å². The summed E-state index contributed by atoms with van der Waals surface area (Å²) >= 11 is 0. The van der Waals surface area contributed by atoms with Gasteiger partial charge in [-0.05, 0) is 49.1 Å². The number of rotatable bonds is 6. The van der Waals surface area contributed by atoms with Crippen molar-refractivity contribution in [3.63, 3.8) is 0 Å². The fraction of sp³-hybridized carbons (Fsp3) is 0.364. The van der Waals surface area contributed by atoms with Crippen LogP contribution < -0.4 is 4.74 Å². The molecule has 1 aliphatic heterocycles. The van der Waals surface area contributed by atoms with Gasteiger partial charge in [0.05, 0.1) is 12.6 Å². The second-order valence-corrected chi connectivity index (χ2v) is 6.97. The number of hydrogen-bond donors (Lipinski definition) is 0. The van der Waals surface area contributed by atoms with Crippen molar-refractivity contribution >= 4 is 0 Å². The van der Waals surface area contributed by atoms with E-state index in [2.05, 4.69) is 52.3 Å². The Hall–Kier alpha value is -2.66. The summed E-state index contributed by atoms with van der Waals surface area (Å²) in [5.41, 5.74) is 3.91. The molecule has 27 heavy (non-hydrogen) atoms. The Bertz CT molecular complexity index is 892. The maximum absolute atomic E-state index is 5.65. The number of aromatic nitrogens is 2. The summed E-state index contributed by atoms with van der Waals surface area (Å²) in [6.07, 6.45) is 1.72. The van der Waals surface area contributed by atoms with Crippen molar-refractivity contribution in [2.24, 2.45) is 0 Å². The van der Waals surface area contributed by atoms with Gasteiger partial charge in [0.2, 0.25) is 5.89 Å². The molecular weight excluding hydrogens is 338 g/mol. The van der Waals surface area contributed by atoms with Gasteiger partial charge in [0.15, 0.2) is 5.82 Å². The lowest BCUT2D eigenvalue weighted by molar-refractivity contribution is 0.157. The van der Waals surface area contributed by atoms with Crippen LogP contribution in [0.2, 0.25) is 0 Å². The molecule has 0 spiro atoms. The van der Waals surface area contributed by atoms with Crippen LogP contribution in [0.4, 0.5) is 0 Å². The largest absolute Gasteiger partial charge is 0.494 e. The molecule has 5 nitrogen and oxygen atoms in total. The van der Waals surface area contributed by atoms with Crippen molar-refractivity contribution in [3.8, 4) is 5.75 Å². The maximum atomic E-state index is 5.65. The minimum absolute atomic E-state index is 0.0888. The van der Waals surface area contributed by atoms with Crippen LogP contribution in [0.15, 0.2) is 53.1 Å². The van der Waals surface area contributed by atoms with Crippen LogP contribution >= 0.6 is 0 Å². The van der Waals surface area contributed by atoms with Gasteiger partial charge in [-0.25, -0.2) is 0 Å². The molecule has 1 aromatic heterocycles. The zero-order valence-electron chi connectivity index (χ0n) is 15.9. The molecule has 2 aromatic carbocycles. The molecule has 0 aliphatic carbocycles. The molecule has 1 unspecified atom stereocenters. The molecule has 1 aliphatic rings. The van der Waals surface area contributed by atoms with Gasteiger partial charge in [0.1, 0.15) is 5.75 Å². The first kappa shape index (κ1) is 17.7. The van der Waals surface area contributed by atoms with Crippen LogP contribution in [0.25, 0.3) is 0 Å². The Morgan fingerprint density at radius 3 is 2.81 bits per heavy atom. The molecule has 0 fully saturated rings. The maximum Gasteiger partial charge on any atom is 0.243 e. The molecule has 3 aromatic rings. The second-order valence-electron chi connectivity index (χ2n) is 6.97. The molecule has 0 radical (unpaired) electrons. The van der Waals surface area contributed by atoms with Gasteiger partial charge in [-0.15, -0.1) is 0 Å². The lowest BCUT2D eigenvalue weighted by atomic mass is 9.98. The third-order valence-electron chi connectivity index (χ3n) is 5.12. The lowest BCUT2D eigenvalue weighted by Gasteiger charge is -2.32. The van der Waals surface area contributed by atoms with Crippen molar-refractivity contribution in [3.05, 3.63) is 76.9 Å². The van der Waals surface area contributed by atoms with Crippen LogP contribution in [0.3, 0.4) is 0 Å². The fourth-order valence-corrected chi connectivity index (χ4v) is 3.59. The molecule has 2 heterocycles. The van der Waals surface area contributed by atoms with Crippen molar-refractivity contribution in [1.29, 1.82) is 0 Å². The summed E-state index contributed by atoms with van der Waals surface area (Å²) in [4.78, 5) is 7.03. The van der Waals surface area contributed by atoms with E-state index in [1.54, 1.807) is 0 Å². The molecular formula is C22H25N3O2. The van der Waals surface area contributed by atoms with E-state index in [-0.39, 0.29) is 6.04 Å². The van der Waals surface area contributed by atoms with Crippen LogP contribution in [0.1, 0.15) is 48.3 Å². The number of ether oxygens (including phenoxy) is 1. The Labute approximate surface area is 160 Å². The summed E-state index contributed by atoms with van der Waals surface area (Å²) in [6, 6.07) is 16.7. The third kappa shape index (κ3) is 4.03. The van der Waals surface area contributed by atoms with E-state index in [4.69, 9.17) is 9.26 Å². The number of nitrogens with zero attached hydrogens (tertiary/aromatic N) is 3. The SMILES string of the molecule is CCOc1ccc2c(c1)CN(C(C)c1nc(Cc3ccccc3)no1)CC2. The lowest BCUT2D eigenvalue weighted by Crippen LogP contribution is -2.33. The van der Waals surface area contributed by atoms with Crippen LogP contribution in [-0.4, -0.2) is 28.2 Å². The van der Waals surface area contributed by atoms with Crippen molar-refractivity contribution in [1.82, 2.24) is 15.0 Å². The molecule has 4 rings (SSSR count). The second kappa shape index (κ2) is 7.92. The Morgan fingerprint density at radius 1 is 1.15 bits per heavy atom. The Kier molecular flexibility index (Phi) is 5.21. The first-order valence-electron chi connectivity index (χ1n) is 9.58. The highest BCUT2D eigenvalue weighted by Gasteiger charge is 2.26. The first-order valence-corrected chi connectivity index (χ1v) is 9.58. The van der Waals surface area contributed by atoms with Gasteiger partial charge in [-0.1, -0.05) is 41.6 Å². The summed E-state index contributed by atoms with van der Waals surface area (Å²) < 4.78 is 11.2. The predicted molar refractivity (Wildman–Crippen MR) is 104 cm³/mol. The fourth-order valence-electron chi connectivity index (χ4n) is 3.59. The monoisotopic (exact) mass is 363 g/mol. The molecule has 0 saturated heterocycles. The van der Waals surface area contributed by atoms with Gasteiger partial charge in [-0.3, -0.25) is 4.90 Å². The number of benzene rings is 2. The topological polar surface area (TPSA) is 51.4 Å². The van der Waals surface area contributed by atoms with Crippen LogP contribution in [-0.2, 0) is 19.4 Å². The number of hydrogen-bond acceptors (Lipinski definition) is 5. The van der Waals surface area contributed by atoms with E-state index in [0.717, 1.165) is 31.1 Å². The molecule has 1 atom stereocenters. The highest BCUT2D eigenvalue weighted by atomic mass is 16.5. The predicted octanol–water partition coefficient (Wildman–Crippen LogP) is 4.18. The van der Waals surface area contributed by atoms with Crippen molar-refractivity contribution in [2.75, 3.05) is 13.2 Å². The zero-order chi connectivity index (χ0) is 18.6. The Balaban J connectivity index is 1.46.